The van der Waals surface area contributed by atoms with Crippen LogP contribution in [0.5, 0.6) is 0 Å². The molecule has 0 bridgehead atoms. The summed E-state index contributed by atoms with van der Waals surface area (Å²) in [4.78, 5) is 4.93. The highest BCUT2D eigenvalue weighted by Gasteiger charge is 2.23. The first-order valence-corrected chi connectivity index (χ1v) is 7.34. The van der Waals surface area contributed by atoms with Gasteiger partial charge in [-0.05, 0) is 58.1 Å². The van der Waals surface area contributed by atoms with E-state index in [1.807, 2.05) is 0 Å². The summed E-state index contributed by atoms with van der Waals surface area (Å²) in [5, 5.41) is 3.53. The van der Waals surface area contributed by atoms with Gasteiger partial charge in [-0.15, -0.1) is 0 Å². The Bertz CT molecular complexity index is 389. The monoisotopic (exact) mass is 261 g/mol. The van der Waals surface area contributed by atoms with Crippen molar-refractivity contribution in [2.75, 3.05) is 45.6 Å². The zero-order valence-corrected chi connectivity index (χ0v) is 12.5. The largest absolute Gasteiger partial charge is 0.384 e. The molecule has 1 heterocycles. The average Bonchev–Trinajstić information content (AvgIpc) is 2.76. The summed E-state index contributed by atoms with van der Waals surface area (Å²) in [7, 11) is 4.34. The van der Waals surface area contributed by atoms with E-state index in [9.17, 15) is 0 Å². The van der Waals surface area contributed by atoms with E-state index in [0.717, 1.165) is 19.1 Å². The highest BCUT2D eigenvalue weighted by atomic mass is 15.2. The zero-order chi connectivity index (χ0) is 13.7. The molecule has 0 saturated carbocycles. The third kappa shape index (κ3) is 4.51. The minimum atomic E-state index is 0.745. The fourth-order valence-corrected chi connectivity index (χ4v) is 2.92. The van der Waals surface area contributed by atoms with Gasteiger partial charge in [-0.2, -0.15) is 0 Å². The number of nitrogens with zero attached hydrogens (tertiary/aromatic N) is 2. The van der Waals surface area contributed by atoms with Gasteiger partial charge in [-0.1, -0.05) is 12.1 Å². The molecule has 0 radical (unpaired) electrons. The molecule has 1 saturated heterocycles. The number of hydrogen-bond acceptors (Lipinski definition) is 3. The van der Waals surface area contributed by atoms with E-state index in [1.165, 1.54) is 37.2 Å². The van der Waals surface area contributed by atoms with Crippen molar-refractivity contribution in [3.63, 3.8) is 0 Å². The molecular weight excluding hydrogens is 234 g/mol. The molecule has 2 rings (SSSR count). The summed E-state index contributed by atoms with van der Waals surface area (Å²) in [5.41, 5.74) is 2.56. The van der Waals surface area contributed by atoms with Crippen LogP contribution >= 0.6 is 0 Å². The number of likely N-dealkylation sites (N-methyl/N-ethyl adjacent to an activating group) is 1. The Balaban J connectivity index is 1.75. The highest BCUT2D eigenvalue weighted by molar-refractivity contribution is 5.45. The summed E-state index contributed by atoms with van der Waals surface area (Å²) in [6.45, 7) is 6.76. The third-order valence-corrected chi connectivity index (χ3v) is 3.82. The Hall–Kier alpha value is -1.06. The fourth-order valence-electron chi connectivity index (χ4n) is 2.92. The van der Waals surface area contributed by atoms with Gasteiger partial charge < -0.3 is 10.2 Å². The van der Waals surface area contributed by atoms with E-state index >= 15 is 0 Å². The van der Waals surface area contributed by atoms with E-state index < -0.39 is 0 Å². The summed E-state index contributed by atoms with van der Waals surface area (Å²) in [5.74, 6) is 0. The molecule has 1 aromatic carbocycles. The van der Waals surface area contributed by atoms with Crippen LogP contribution in [0.2, 0.25) is 0 Å². The molecule has 0 aromatic heterocycles. The fraction of sp³-hybridized carbons (Fsp3) is 0.625. The maximum Gasteiger partial charge on any atom is 0.0343 e. The number of nitrogens with one attached hydrogen (secondary N) is 1. The maximum atomic E-state index is 3.53. The van der Waals surface area contributed by atoms with Crippen LogP contribution < -0.4 is 5.32 Å². The predicted octanol–water partition coefficient (Wildman–Crippen LogP) is 2.43. The summed E-state index contributed by atoms with van der Waals surface area (Å²) < 4.78 is 0. The van der Waals surface area contributed by atoms with Crippen LogP contribution in [0.3, 0.4) is 0 Å². The van der Waals surface area contributed by atoms with Crippen molar-refractivity contribution in [3.05, 3.63) is 29.8 Å². The van der Waals surface area contributed by atoms with Gasteiger partial charge in [0.05, 0.1) is 0 Å². The number of rotatable bonds is 6. The van der Waals surface area contributed by atoms with Crippen molar-refractivity contribution >= 4 is 5.69 Å². The second-order valence-corrected chi connectivity index (χ2v) is 5.89. The Labute approximate surface area is 117 Å². The van der Waals surface area contributed by atoms with Gasteiger partial charge in [0, 0.05) is 31.4 Å². The molecule has 19 heavy (non-hydrogen) atoms. The molecular formula is C16H27N3. The van der Waals surface area contributed by atoms with Gasteiger partial charge in [0.2, 0.25) is 0 Å². The molecule has 1 aliphatic rings. The minimum Gasteiger partial charge on any atom is -0.384 e. The van der Waals surface area contributed by atoms with Gasteiger partial charge in [0.15, 0.2) is 0 Å². The van der Waals surface area contributed by atoms with Gasteiger partial charge in [-0.3, -0.25) is 4.90 Å². The molecule has 3 nitrogen and oxygen atoms in total. The summed E-state index contributed by atoms with van der Waals surface area (Å²) in [6, 6.07) is 9.35. The lowest BCUT2D eigenvalue weighted by Crippen LogP contribution is -2.39. The van der Waals surface area contributed by atoms with Crippen LogP contribution in [0, 0.1) is 6.92 Å². The molecule has 3 heteroatoms. The highest BCUT2D eigenvalue weighted by Crippen LogP contribution is 2.17. The molecule has 1 fully saturated rings. The summed E-state index contributed by atoms with van der Waals surface area (Å²) in [6.07, 6.45) is 2.70. The SMILES string of the molecule is Cc1cccc(NCCN2CCCC2CN(C)C)c1. The van der Waals surface area contributed by atoms with Crippen molar-refractivity contribution < 1.29 is 0 Å². The number of aryl methyl sites for hydroxylation is 1. The van der Waals surface area contributed by atoms with Gasteiger partial charge in [0.25, 0.3) is 0 Å². The van der Waals surface area contributed by atoms with E-state index in [1.54, 1.807) is 0 Å². The Morgan fingerprint density at radius 2 is 2.21 bits per heavy atom. The molecule has 0 amide bonds. The first-order chi connectivity index (χ1) is 9.15. The van der Waals surface area contributed by atoms with E-state index in [0.29, 0.717) is 0 Å². The van der Waals surface area contributed by atoms with E-state index in [4.69, 9.17) is 0 Å². The van der Waals surface area contributed by atoms with Crippen LogP contribution in [0.1, 0.15) is 18.4 Å². The maximum absolute atomic E-state index is 3.53. The lowest BCUT2D eigenvalue weighted by Gasteiger charge is -2.27. The number of benzene rings is 1. The Morgan fingerprint density at radius 1 is 1.37 bits per heavy atom. The van der Waals surface area contributed by atoms with Crippen molar-refractivity contribution in [1.29, 1.82) is 0 Å². The standard InChI is InChI=1S/C16H27N3/c1-14-6-4-7-15(12-14)17-9-11-19-10-5-8-16(19)13-18(2)3/h4,6-7,12,16-17H,5,8-11,13H2,1-3H3. The molecule has 1 aromatic rings. The van der Waals surface area contributed by atoms with Crippen LogP contribution in [-0.4, -0.2) is 56.1 Å². The second kappa shape index (κ2) is 6.92. The van der Waals surface area contributed by atoms with Crippen LogP contribution in [0.15, 0.2) is 24.3 Å². The third-order valence-electron chi connectivity index (χ3n) is 3.82. The second-order valence-electron chi connectivity index (χ2n) is 5.89. The van der Waals surface area contributed by atoms with Crippen molar-refractivity contribution in [2.24, 2.45) is 0 Å². The number of hydrogen-bond donors (Lipinski definition) is 1. The van der Waals surface area contributed by atoms with Crippen molar-refractivity contribution in [3.8, 4) is 0 Å². The molecule has 0 aliphatic carbocycles. The Kier molecular flexibility index (Phi) is 5.23. The molecule has 0 spiro atoms. The lowest BCUT2D eigenvalue weighted by atomic mass is 10.2. The smallest absolute Gasteiger partial charge is 0.0343 e. The van der Waals surface area contributed by atoms with E-state index in [-0.39, 0.29) is 0 Å². The van der Waals surface area contributed by atoms with Crippen molar-refractivity contribution in [1.82, 2.24) is 9.80 Å². The van der Waals surface area contributed by atoms with Gasteiger partial charge >= 0.3 is 0 Å². The Morgan fingerprint density at radius 3 is 2.95 bits per heavy atom. The lowest BCUT2D eigenvalue weighted by molar-refractivity contribution is 0.214. The average molecular weight is 261 g/mol. The normalized spacial score (nSPS) is 20.1. The molecule has 1 unspecified atom stereocenters. The van der Waals surface area contributed by atoms with Gasteiger partial charge in [0.1, 0.15) is 0 Å². The molecule has 1 atom stereocenters. The zero-order valence-electron chi connectivity index (χ0n) is 12.5. The van der Waals surface area contributed by atoms with Crippen LogP contribution in [0.4, 0.5) is 5.69 Å². The number of anilines is 1. The van der Waals surface area contributed by atoms with E-state index in [2.05, 4.69) is 60.4 Å². The van der Waals surface area contributed by atoms with Crippen LogP contribution in [0.25, 0.3) is 0 Å². The quantitative estimate of drug-likeness (QED) is 0.848. The molecule has 106 valence electrons. The van der Waals surface area contributed by atoms with Gasteiger partial charge in [-0.25, -0.2) is 0 Å². The first-order valence-electron chi connectivity index (χ1n) is 7.34. The molecule has 1 N–H and O–H groups in total. The predicted molar refractivity (Wildman–Crippen MR) is 82.8 cm³/mol. The summed E-state index contributed by atoms with van der Waals surface area (Å²) >= 11 is 0. The minimum absolute atomic E-state index is 0.745. The van der Waals surface area contributed by atoms with Crippen molar-refractivity contribution in [2.45, 2.75) is 25.8 Å². The topological polar surface area (TPSA) is 18.5 Å². The molecule has 1 aliphatic heterocycles. The van der Waals surface area contributed by atoms with Crippen LogP contribution in [-0.2, 0) is 0 Å². The number of likely N-dealkylation sites (tertiary alicyclic amines) is 1. The first kappa shape index (κ1) is 14.4.